The van der Waals surface area contributed by atoms with E-state index >= 15 is 0 Å². The maximum atomic E-state index is 11.2. The SMILES string of the molecule is CCN=C(NP(=O)(O)O)c1ccc(OCCCCCOc2ccc(C(=N)NP(=O)(O)O)cc2)cc1. The number of unbranched alkanes of at least 4 members (excludes halogenated alkanes) is 2. The Morgan fingerprint density at radius 2 is 1.26 bits per heavy atom. The molecular weight excluding hydrogens is 498 g/mol. The van der Waals surface area contributed by atoms with Gasteiger partial charge in [-0.1, -0.05) is 0 Å². The highest BCUT2D eigenvalue weighted by molar-refractivity contribution is 7.50. The maximum Gasteiger partial charge on any atom is 0.428 e. The van der Waals surface area contributed by atoms with Crippen molar-refractivity contribution in [3.8, 4) is 11.5 Å². The van der Waals surface area contributed by atoms with E-state index in [2.05, 4.69) is 10.1 Å². The topological polar surface area (TPSA) is 194 Å². The lowest BCUT2D eigenvalue weighted by molar-refractivity contribution is 0.279. The van der Waals surface area contributed by atoms with Crippen molar-refractivity contribution in [2.75, 3.05) is 19.8 Å². The molecule has 0 bridgehead atoms. The number of nitrogens with one attached hydrogen (secondary N) is 3. The first kappa shape index (κ1) is 28.5. The van der Waals surface area contributed by atoms with Crippen LogP contribution >= 0.6 is 15.5 Å². The van der Waals surface area contributed by atoms with Gasteiger partial charge in [0, 0.05) is 17.7 Å². The maximum absolute atomic E-state index is 11.2. The molecule has 14 heteroatoms. The van der Waals surface area contributed by atoms with Crippen LogP contribution in [0.25, 0.3) is 0 Å². The zero-order valence-corrected chi connectivity index (χ0v) is 20.9. The molecule has 12 nitrogen and oxygen atoms in total. The van der Waals surface area contributed by atoms with Crippen LogP contribution in [0.2, 0.25) is 0 Å². The molecule has 0 atom stereocenters. The Balaban J connectivity index is 1.67. The van der Waals surface area contributed by atoms with Gasteiger partial charge in [-0.2, -0.15) is 0 Å². The minimum Gasteiger partial charge on any atom is -0.494 e. The largest absolute Gasteiger partial charge is 0.494 e. The molecule has 0 spiro atoms. The van der Waals surface area contributed by atoms with Crippen LogP contribution in [0, 0.1) is 5.41 Å². The van der Waals surface area contributed by atoms with Crippen LogP contribution in [0.3, 0.4) is 0 Å². The van der Waals surface area contributed by atoms with Gasteiger partial charge >= 0.3 is 15.5 Å². The lowest BCUT2D eigenvalue weighted by Gasteiger charge is -2.12. The molecule has 2 aromatic rings. The summed E-state index contributed by atoms with van der Waals surface area (Å²) in [5.74, 6) is 0.981. The van der Waals surface area contributed by atoms with E-state index < -0.39 is 15.5 Å². The molecule has 0 saturated carbocycles. The van der Waals surface area contributed by atoms with Crippen molar-refractivity contribution < 1.29 is 38.2 Å². The van der Waals surface area contributed by atoms with E-state index in [0.29, 0.717) is 42.4 Å². The number of rotatable bonds is 13. The fourth-order valence-electron chi connectivity index (χ4n) is 2.89. The second-order valence-electron chi connectivity index (χ2n) is 7.32. The van der Waals surface area contributed by atoms with E-state index in [4.69, 9.17) is 34.5 Å². The van der Waals surface area contributed by atoms with Crippen molar-refractivity contribution in [3.63, 3.8) is 0 Å². The zero-order valence-electron chi connectivity index (χ0n) is 19.1. The highest BCUT2D eigenvalue weighted by Gasteiger charge is 2.17. The summed E-state index contributed by atoms with van der Waals surface area (Å²) in [5.41, 5.74) is 0.875. The van der Waals surface area contributed by atoms with E-state index in [1.807, 2.05) is 5.09 Å². The Labute approximate surface area is 203 Å². The van der Waals surface area contributed by atoms with Crippen molar-refractivity contribution >= 4 is 27.2 Å². The van der Waals surface area contributed by atoms with E-state index in [1.165, 1.54) is 0 Å². The van der Waals surface area contributed by atoms with E-state index in [0.717, 1.165) is 19.3 Å². The van der Waals surface area contributed by atoms with Crippen LogP contribution in [0.1, 0.15) is 37.3 Å². The number of nitrogens with zero attached hydrogens (tertiary/aromatic N) is 1. The van der Waals surface area contributed by atoms with Crippen LogP contribution in [0.4, 0.5) is 0 Å². The smallest absolute Gasteiger partial charge is 0.428 e. The summed E-state index contributed by atoms with van der Waals surface area (Å²) in [7, 11) is -8.97. The van der Waals surface area contributed by atoms with Crippen LogP contribution in [-0.4, -0.2) is 51.0 Å². The number of benzene rings is 2. The Kier molecular flexibility index (Phi) is 10.9. The number of hydrogen-bond donors (Lipinski definition) is 7. The van der Waals surface area contributed by atoms with Gasteiger partial charge in [0.1, 0.15) is 23.2 Å². The van der Waals surface area contributed by atoms with Crippen molar-refractivity contribution in [1.82, 2.24) is 10.2 Å². The van der Waals surface area contributed by atoms with Crippen molar-refractivity contribution in [1.29, 1.82) is 5.41 Å². The standard InChI is InChI=1S/C21H30N4O8P2/c1-2-23-21(25-35(29,30)31)17-8-12-19(13-9-17)33-15-5-3-4-14-32-18-10-6-16(7-11-18)20(22)24-34(26,27)28/h6-13H,2-5,14-15H2,1H3,(H4,22,24,26,27,28)(H3,23,25,29,30,31). The third-order valence-corrected chi connectivity index (χ3v) is 5.44. The van der Waals surface area contributed by atoms with Crippen molar-refractivity contribution in [2.45, 2.75) is 26.2 Å². The summed E-state index contributed by atoms with van der Waals surface area (Å²) in [6.07, 6.45) is 2.47. The second-order valence-corrected chi connectivity index (χ2v) is 9.94. The molecule has 2 aromatic carbocycles. The summed E-state index contributed by atoms with van der Waals surface area (Å²) in [6.45, 7) is 3.12. The predicted molar refractivity (Wildman–Crippen MR) is 132 cm³/mol. The minimum atomic E-state index is -4.52. The Bertz CT molecular complexity index is 1080. The number of ether oxygens (including phenoxy) is 2. The van der Waals surface area contributed by atoms with Gasteiger partial charge in [0.2, 0.25) is 0 Å². The van der Waals surface area contributed by atoms with E-state index in [-0.39, 0.29) is 11.7 Å². The van der Waals surface area contributed by atoms with Gasteiger partial charge in [-0.25, -0.2) is 9.13 Å². The van der Waals surface area contributed by atoms with E-state index in [9.17, 15) is 9.13 Å². The molecule has 2 rings (SSSR count). The average molecular weight is 528 g/mol. The monoisotopic (exact) mass is 528 g/mol. The van der Waals surface area contributed by atoms with Crippen LogP contribution in [0.5, 0.6) is 11.5 Å². The molecule has 0 aliphatic carbocycles. The molecule has 0 heterocycles. The van der Waals surface area contributed by atoms with Crippen LogP contribution < -0.4 is 19.6 Å². The van der Waals surface area contributed by atoms with Crippen molar-refractivity contribution in [2.24, 2.45) is 4.99 Å². The van der Waals surface area contributed by atoms with Crippen molar-refractivity contribution in [3.05, 3.63) is 59.7 Å². The fourth-order valence-corrected chi connectivity index (χ4v) is 3.78. The molecule has 0 saturated heterocycles. The fraction of sp³-hybridized carbons (Fsp3) is 0.333. The summed E-state index contributed by atoms with van der Waals surface area (Å²) < 4.78 is 33.4. The molecule has 0 aliphatic heterocycles. The Hall–Kier alpha value is -2.72. The number of aliphatic imine (C=N–C) groups is 1. The highest BCUT2D eigenvalue weighted by atomic mass is 31.2. The third-order valence-electron chi connectivity index (χ3n) is 4.42. The lowest BCUT2D eigenvalue weighted by Crippen LogP contribution is -2.21. The van der Waals surface area contributed by atoms with Crippen LogP contribution in [0.15, 0.2) is 53.5 Å². The predicted octanol–water partition coefficient (Wildman–Crippen LogP) is 2.77. The van der Waals surface area contributed by atoms with Gasteiger partial charge in [-0.05, 0) is 74.7 Å². The Morgan fingerprint density at radius 3 is 1.69 bits per heavy atom. The normalized spacial score (nSPS) is 12.2. The van der Waals surface area contributed by atoms with Gasteiger partial charge in [0.25, 0.3) is 0 Å². The minimum absolute atomic E-state index is 0.123. The molecule has 0 unspecified atom stereocenters. The number of hydrogen-bond acceptors (Lipinski definition) is 6. The third kappa shape index (κ3) is 11.5. The molecular formula is C21H30N4O8P2. The molecule has 0 amide bonds. The zero-order chi connectivity index (χ0) is 25.9. The first-order valence-corrected chi connectivity index (χ1v) is 14.0. The number of amidine groups is 2. The highest BCUT2D eigenvalue weighted by Crippen LogP contribution is 2.30. The van der Waals surface area contributed by atoms with Gasteiger partial charge in [-0.15, -0.1) is 0 Å². The molecule has 0 aromatic heterocycles. The first-order valence-electron chi connectivity index (χ1n) is 10.7. The van der Waals surface area contributed by atoms with Gasteiger partial charge in [0.15, 0.2) is 0 Å². The average Bonchev–Trinajstić information content (AvgIpc) is 2.77. The Morgan fingerprint density at radius 1 is 0.800 bits per heavy atom. The molecule has 0 fully saturated rings. The van der Waals surface area contributed by atoms with E-state index in [1.54, 1.807) is 55.5 Å². The molecule has 0 radical (unpaired) electrons. The van der Waals surface area contributed by atoms with Gasteiger partial charge in [-0.3, -0.25) is 20.6 Å². The van der Waals surface area contributed by atoms with Crippen LogP contribution in [-0.2, 0) is 9.13 Å². The summed E-state index contributed by atoms with van der Waals surface area (Å²) >= 11 is 0. The van der Waals surface area contributed by atoms with Gasteiger partial charge in [0.05, 0.1) is 13.2 Å². The summed E-state index contributed by atoms with van der Waals surface area (Å²) in [4.78, 5) is 40.0. The molecule has 35 heavy (non-hydrogen) atoms. The van der Waals surface area contributed by atoms with Gasteiger partial charge < -0.3 is 29.0 Å². The lowest BCUT2D eigenvalue weighted by atomic mass is 10.2. The quantitative estimate of drug-likeness (QED) is 0.0879. The summed E-state index contributed by atoms with van der Waals surface area (Å²) in [5, 5.41) is 11.6. The first-order chi connectivity index (χ1) is 16.5. The molecule has 7 N–H and O–H groups in total. The second kappa shape index (κ2) is 13.4. The summed E-state index contributed by atoms with van der Waals surface area (Å²) in [6, 6.07) is 13.1. The molecule has 0 aliphatic rings. The molecule has 192 valence electrons.